The number of nitrogens with one attached hydrogen (secondary N) is 2. The Morgan fingerprint density at radius 1 is 1.04 bits per heavy atom. The van der Waals surface area contributed by atoms with Gasteiger partial charge in [-0.15, -0.1) is 0 Å². The van der Waals surface area contributed by atoms with Gasteiger partial charge in [-0.1, -0.05) is 18.2 Å². The van der Waals surface area contributed by atoms with Crippen LogP contribution in [0.2, 0.25) is 0 Å². The Balaban J connectivity index is 1.94. The summed E-state index contributed by atoms with van der Waals surface area (Å²) in [6.45, 7) is 0.342. The molecule has 7 heteroatoms. The number of pyridine rings is 1. The lowest BCUT2D eigenvalue weighted by Gasteiger charge is -2.07. The standard InChI is InChI=1S/C17H17N3O4/c1-18-15(21)12-5-2-4-11(10-12)8-9-19-16(22)13-6-3-7-14(20-13)17(23)24/h2-7,10H,8-9H2,1H3,(H,18,21)(H,19,22)(H,23,24). The van der Waals surface area contributed by atoms with Crippen LogP contribution in [-0.4, -0.2) is 41.5 Å². The molecule has 124 valence electrons. The van der Waals surface area contributed by atoms with Gasteiger partial charge in [-0.3, -0.25) is 9.59 Å². The maximum atomic E-state index is 12.0. The lowest BCUT2D eigenvalue weighted by Crippen LogP contribution is -2.27. The van der Waals surface area contributed by atoms with Gasteiger partial charge >= 0.3 is 5.97 Å². The van der Waals surface area contributed by atoms with E-state index in [1.54, 1.807) is 25.2 Å². The van der Waals surface area contributed by atoms with Gasteiger partial charge in [0.2, 0.25) is 0 Å². The fourth-order valence-electron chi connectivity index (χ4n) is 2.10. The van der Waals surface area contributed by atoms with E-state index >= 15 is 0 Å². The third-order valence-corrected chi connectivity index (χ3v) is 3.32. The molecule has 1 aromatic carbocycles. The smallest absolute Gasteiger partial charge is 0.354 e. The van der Waals surface area contributed by atoms with Gasteiger partial charge in [0.1, 0.15) is 11.4 Å². The minimum atomic E-state index is -1.18. The maximum Gasteiger partial charge on any atom is 0.354 e. The molecule has 0 aliphatic carbocycles. The highest BCUT2D eigenvalue weighted by Gasteiger charge is 2.11. The molecular formula is C17H17N3O4. The van der Waals surface area contributed by atoms with Crippen molar-refractivity contribution in [2.24, 2.45) is 0 Å². The highest BCUT2D eigenvalue weighted by molar-refractivity contribution is 5.94. The van der Waals surface area contributed by atoms with Crippen molar-refractivity contribution in [1.82, 2.24) is 15.6 Å². The van der Waals surface area contributed by atoms with Crippen molar-refractivity contribution >= 4 is 17.8 Å². The van der Waals surface area contributed by atoms with Crippen LogP contribution >= 0.6 is 0 Å². The number of amides is 2. The zero-order chi connectivity index (χ0) is 17.5. The van der Waals surface area contributed by atoms with Gasteiger partial charge in [-0.05, 0) is 36.2 Å². The predicted molar refractivity (Wildman–Crippen MR) is 87.1 cm³/mol. The Hall–Kier alpha value is -3.22. The molecule has 2 rings (SSSR count). The number of nitrogens with zero attached hydrogens (tertiary/aromatic N) is 1. The molecule has 0 fully saturated rings. The van der Waals surface area contributed by atoms with E-state index in [1.807, 2.05) is 6.07 Å². The Morgan fingerprint density at radius 2 is 1.75 bits per heavy atom. The van der Waals surface area contributed by atoms with E-state index in [-0.39, 0.29) is 17.3 Å². The summed E-state index contributed by atoms with van der Waals surface area (Å²) in [5.41, 5.74) is 1.33. The summed E-state index contributed by atoms with van der Waals surface area (Å²) >= 11 is 0. The van der Waals surface area contributed by atoms with Crippen LogP contribution in [0.5, 0.6) is 0 Å². The van der Waals surface area contributed by atoms with Crippen LogP contribution < -0.4 is 10.6 Å². The fourth-order valence-corrected chi connectivity index (χ4v) is 2.10. The van der Waals surface area contributed by atoms with Crippen molar-refractivity contribution in [3.8, 4) is 0 Å². The molecule has 2 aromatic rings. The van der Waals surface area contributed by atoms with Gasteiger partial charge in [0, 0.05) is 19.2 Å². The molecule has 0 saturated heterocycles. The van der Waals surface area contributed by atoms with Gasteiger partial charge in [0.05, 0.1) is 0 Å². The number of carboxylic acids is 1. The largest absolute Gasteiger partial charge is 0.477 e. The molecule has 0 bridgehead atoms. The van der Waals surface area contributed by atoms with Gasteiger partial charge in [-0.2, -0.15) is 0 Å². The first kappa shape index (κ1) is 17.1. The third-order valence-electron chi connectivity index (χ3n) is 3.32. The normalized spacial score (nSPS) is 10.0. The first-order valence-electron chi connectivity index (χ1n) is 7.31. The summed E-state index contributed by atoms with van der Waals surface area (Å²) in [5, 5.41) is 14.1. The lowest BCUT2D eigenvalue weighted by molar-refractivity contribution is 0.0690. The summed E-state index contributed by atoms with van der Waals surface area (Å²) in [4.78, 5) is 38.2. The van der Waals surface area contributed by atoms with Gasteiger partial charge in [0.15, 0.2) is 0 Å². The van der Waals surface area contributed by atoms with E-state index in [4.69, 9.17) is 5.11 Å². The van der Waals surface area contributed by atoms with Crippen LogP contribution in [-0.2, 0) is 6.42 Å². The third kappa shape index (κ3) is 4.39. The Morgan fingerprint density at radius 3 is 2.46 bits per heavy atom. The predicted octanol–water partition coefficient (Wildman–Crippen LogP) is 1.11. The van der Waals surface area contributed by atoms with Crippen LogP contribution in [0.1, 0.15) is 36.9 Å². The van der Waals surface area contributed by atoms with E-state index in [0.29, 0.717) is 18.5 Å². The number of benzene rings is 1. The van der Waals surface area contributed by atoms with Crippen LogP contribution in [0.25, 0.3) is 0 Å². The van der Waals surface area contributed by atoms with Gasteiger partial charge in [-0.25, -0.2) is 9.78 Å². The Labute approximate surface area is 138 Å². The second-order valence-corrected chi connectivity index (χ2v) is 5.00. The van der Waals surface area contributed by atoms with Crippen molar-refractivity contribution < 1.29 is 19.5 Å². The monoisotopic (exact) mass is 327 g/mol. The average Bonchev–Trinajstić information content (AvgIpc) is 2.61. The number of hydrogen-bond acceptors (Lipinski definition) is 4. The van der Waals surface area contributed by atoms with E-state index < -0.39 is 11.9 Å². The van der Waals surface area contributed by atoms with Crippen molar-refractivity contribution in [1.29, 1.82) is 0 Å². The SMILES string of the molecule is CNC(=O)c1cccc(CCNC(=O)c2cccc(C(=O)O)n2)c1. The molecule has 0 radical (unpaired) electrons. The highest BCUT2D eigenvalue weighted by Crippen LogP contribution is 2.06. The highest BCUT2D eigenvalue weighted by atomic mass is 16.4. The molecule has 1 aromatic heterocycles. The number of hydrogen-bond donors (Lipinski definition) is 3. The molecule has 0 aliphatic heterocycles. The summed E-state index contributed by atoms with van der Waals surface area (Å²) in [6.07, 6.45) is 0.537. The number of carbonyl (C=O) groups is 3. The Bertz CT molecular complexity index is 774. The zero-order valence-electron chi connectivity index (χ0n) is 13.1. The molecule has 7 nitrogen and oxygen atoms in total. The second-order valence-electron chi connectivity index (χ2n) is 5.00. The van der Waals surface area contributed by atoms with Crippen LogP contribution in [0, 0.1) is 0 Å². The molecule has 1 heterocycles. The molecule has 0 saturated carbocycles. The second kappa shape index (κ2) is 7.87. The summed E-state index contributed by atoms with van der Waals surface area (Å²) in [5.74, 6) is -1.80. The quantitative estimate of drug-likeness (QED) is 0.736. The van der Waals surface area contributed by atoms with Gasteiger partial charge in [0.25, 0.3) is 11.8 Å². The number of aromatic carboxylic acids is 1. The van der Waals surface area contributed by atoms with Gasteiger partial charge < -0.3 is 15.7 Å². The molecule has 3 N–H and O–H groups in total. The molecular weight excluding hydrogens is 310 g/mol. The summed E-state index contributed by atoms with van der Waals surface area (Å²) < 4.78 is 0. The van der Waals surface area contributed by atoms with Crippen molar-refractivity contribution in [3.05, 3.63) is 65.0 Å². The minimum Gasteiger partial charge on any atom is -0.477 e. The van der Waals surface area contributed by atoms with E-state index in [1.165, 1.54) is 18.2 Å². The molecule has 0 spiro atoms. The summed E-state index contributed by atoms with van der Waals surface area (Å²) in [7, 11) is 1.56. The fraction of sp³-hybridized carbons (Fsp3) is 0.176. The minimum absolute atomic E-state index is 0.0500. The van der Waals surface area contributed by atoms with Crippen LogP contribution in [0.15, 0.2) is 42.5 Å². The summed E-state index contributed by atoms with van der Waals surface area (Å²) in [6, 6.07) is 11.4. The topological polar surface area (TPSA) is 108 Å². The molecule has 0 aliphatic rings. The number of carboxylic acid groups (broad SMARTS) is 1. The first-order chi connectivity index (χ1) is 11.5. The zero-order valence-corrected chi connectivity index (χ0v) is 13.1. The van der Waals surface area contributed by atoms with Crippen molar-refractivity contribution in [3.63, 3.8) is 0 Å². The van der Waals surface area contributed by atoms with E-state index in [0.717, 1.165) is 5.56 Å². The van der Waals surface area contributed by atoms with E-state index in [9.17, 15) is 14.4 Å². The first-order valence-corrected chi connectivity index (χ1v) is 7.31. The average molecular weight is 327 g/mol. The number of aromatic nitrogens is 1. The van der Waals surface area contributed by atoms with E-state index in [2.05, 4.69) is 15.6 Å². The molecule has 2 amide bonds. The number of carbonyl (C=O) groups excluding carboxylic acids is 2. The van der Waals surface area contributed by atoms with Crippen LogP contribution in [0.4, 0.5) is 0 Å². The Kier molecular flexibility index (Phi) is 5.62. The molecule has 0 atom stereocenters. The van der Waals surface area contributed by atoms with Crippen molar-refractivity contribution in [2.75, 3.05) is 13.6 Å². The van der Waals surface area contributed by atoms with Crippen LogP contribution in [0.3, 0.4) is 0 Å². The van der Waals surface area contributed by atoms with Crippen molar-refractivity contribution in [2.45, 2.75) is 6.42 Å². The molecule has 0 unspecified atom stereocenters. The lowest BCUT2D eigenvalue weighted by atomic mass is 10.1. The maximum absolute atomic E-state index is 12.0. The number of rotatable bonds is 6. The molecule has 24 heavy (non-hydrogen) atoms.